The van der Waals surface area contributed by atoms with Crippen molar-refractivity contribution < 1.29 is 18.0 Å². The summed E-state index contributed by atoms with van der Waals surface area (Å²) in [6.07, 6.45) is 1.03. The van der Waals surface area contributed by atoms with Gasteiger partial charge in [0, 0.05) is 0 Å². The third-order valence-corrected chi connectivity index (χ3v) is 3.73. The van der Waals surface area contributed by atoms with E-state index in [-0.39, 0.29) is 6.54 Å². The monoisotopic (exact) mass is 277 g/mol. The number of sulfonamides is 1. The van der Waals surface area contributed by atoms with Crippen LogP contribution in [0.5, 0.6) is 0 Å². The second-order valence-electron chi connectivity index (χ2n) is 3.56. The molecule has 0 aromatic rings. The van der Waals surface area contributed by atoms with Crippen molar-refractivity contribution in [2.45, 2.75) is 11.4 Å². The maximum absolute atomic E-state index is 11.6. The molecule has 5 N–H and O–H groups in total. The van der Waals surface area contributed by atoms with Gasteiger partial charge in [0.15, 0.2) is 5.37 Å². The van der Waals surface area contributed by atoms with E-state index in [0.717, 1.165) is 11.0 Å². The molecule has 10 heteroatoms. The fourth-order valence-corrected chi connectivity index (χ4v) is 2.22. The average Bonchev–Trinajstić information content (AvgIpc) is 2.31. The Bertz CT molecular complexity index is 462. The highest BCUT2D eigenvalue weighted by molar-refractivity contribution is 7.90. The molecule has 2 unspecified atom stereocenters. The van der Waals surface area contributed by atoms with E-state index in [9.17, 15) is 18.0 Å². The third kappa shape index (κ3) is 2.85. The molecule has 0 aliphatic carbocycles. The van der Waals surface area contributed by atoms with E-state index in [2.05, 4.69) is 17.3 Å². The van der Waals surface area contributed by atoms with Crippen molar-refractivity contribution in [3.63, 3.8) is 0 Å². The number of hydrogen-bond donors (Lipinski definition) is 4. The molecule has 0 saturated carbocycles. The van der Waals surface area contributed by atoms with Gasteiger partial charge in [-0.3, -0.25) is 9.69 Å². The molecule has 2 atom stereocenters. The number of hydrazine groups is 1. The van der Waals surface area contributed by atoms with Crippen molar-refractivity contribution in [1.29, 1.82) is 0 Å². The topological polar surface area (TPSA) is 134 Å². The van der Waals surface area contributed by atoms with Crippen LogP contribution in [0.1, 0.15) is 0 Å². The van der Waals surface area contributed by atoms with Gasteiger partial charge in [0.05, 0.1) is 6.54 Å². The smallest absolute Gasteiger partial charge is 0.318 e. The lowest BCUT2D eigenvalue weighted by Gasteiger charge is -2.34. The van der Waals surface area contributed by atoms with Crippen LogP contribution in [0.15, 0.2) is 12.7 Å². The van der Waals surface area contributed by atoms with E-state index in [4.69, 9.17) is 5.73 Å². The lowest BCUT2D eigenvalue weighted by Crippen LogP contribution is -2.66. The zero-order valence-corrected chi connectivity index (χ0v) is 10.5. The van der Waals surface area contributed by atoms with Crippen LogP contribution in [0.4, 0.5) is 4.79 Å². The van der Waals surface area contributed by atoms with Gasteiger partial charge in [-0.15, -0.1) is 4.83 Å². The normalized spacial score (nSPS) is 21.1. The number of nitrogens with one attached hydrogen (secondary N) is 3. The highest BCUT2D eigenvalue weighted by Gasteiger charge is 2.39. The fourth-order valence-electron chi connectivity index (χ4n) is 1.30. The number of likely N-dealkylation sites (tertiary alicyclic amines) is 1. The minimum Gasteiger partial charge on any atom is -0.318 e. The minimum atomic E-state index is -3.85. The lowest BCUT2D eigenvalue weighted by molar-refractivity contribution is -0.137. The van der Waals surface area contributed by atoms with Crippen LogP contribution < -0.4 is 21.3 Å². The maximum atomic E-state index is 11.6. The molecule has 1 rings (SSSR count). The largest absolute Gasteiger partial charge is 0.325 e. The first-order valence-corrected chi connectivity index (χ1v) is 6.55. The predicted octanol–water partition coefficient (Wildman–Crippen LogP) is -2.57. The van der Waals surface area contributed by atoms with Crippen molar-refractivity contribution in [3.8, 4) is 0 Å². The SMILES string of the molecule is C=CC(NC(=O)N1CC(N)C1=O)S(=O)(=O)NNC. The Labute approximate surface area is 104 Å². The molecule has 0 aromatic carbocycles. The van der Waals surface area contributed by atoms with Gasteiger partial charge in [-0.25, -0.2) is 18.6 Å². The van der Waals surface area contributed by atoms with Gasteiger partial charge >= 0.3 is 6.03 Å². The van der Waals surface area contributed by atoms with Crippen molar-refractivity contribution in [3.05, 3.63) is 12.7 Å². The number of hydrogen-bond acceptors (Lipinski definition) is 6. The van der Waals surface area contributed by atoms with Crippen LogP contribution in [0.2, 0.25) is 0 Å². The molecule has 0 bridgehead atoms. The Balaban J connectivity index is 2.67. The van der Waals surface area contributed by atoms with Crippen molar-refractivity contribution in [2.24, 2.45) is 5.73 Å². The Morgan fingerprint density at radius 2 is 2.28 bits per heavy atom. The maximum Gasteiger partial charge on any atom is 0.325 e. The van der Waals surface area contributed by atoms with Crippen molar-refractivity contribution in [2.75, 3.05) is 13.6 Å². The van der Waals surface area contributed by atoms with Gasteiger partial charge in [-0.1, -0.05) is 12.7 Å². The van der Waals surface area contributed by atoms with Crippen molar-refractivity contribution >= 4 is 22.0 Å². The zero-order chi connectivity index (χ0) is 13.9. The fraction of sp³-hybridized carbons (Fsp3) is 0.500. The quantitative estimate of drug-likeness (QED) is 0.248. The molecule has 3 amide bonds. The molecule has 18 heavy (non-hydrogen) atoms. The van der Waals surface area contributed by atoms with Gasteiger partial charge in [-0.05, 0) is 7.05 Å². The average molecular weight is 277 g/mol. The molecule has 1 aliphatic rings. The summed E-state index contributed by atoms with van der Waals surface area (Å²) in [5.41, 5.74) is 7.55. The minimum absolute atomic E-state index is 0.0635. The molecular weight excluding hydrogens is 262 g/mol. The first kappa shape index (κ1) is 14.6. The number of β-lactam (4-membered cyclic amide) rings is 1. The highest BCUT2D eigenvalue weighted by atomic mass is 32.2. The number of imide groups is 1. The van der Waals surface area contributed by atoms with Crippen LogP contribution in [-0.4, -0.2) is 50.3 Å². The first-order valence-electron chi connectivity index (χ1n) is 5.01. The lowest BCUT2D eigenvalue weighted by atomic mass is 10.1. The number of carbonyl (C=O) groups excluding carboxylic acids is 2. The van der Waals surface area contributed by atoms with E-state index in [1.807, 2.05) is 4.83 Å². The molecule has 102 valence electrons. The first-order chi connectivity index (χ1) is 8.33. The summed E-state index contributed by atoms with van der Waals surface area (Å²) in [7, 11) is -2.49. The van der Waals surface area contributed by atoms with Crippen LogP contribution in [-0.2, 0) is 14.8 Å². The van der Waals surface area contributed by atoms with Crippen LogP contribution in [0.25, 0.3) is 0 Å². The second kappa shape index (κ2) is 5.44. The summed E-state index contributed by atoms with van der Waals surface area (Å²) >= 11 is 0. The van der Waals surface area contributed by atoms with Crippen LogP contribution >= 0.6 is 0 Å². The summed E-state index contributed by atoms with van der Waals surface area (Å²) in [5, 5.41) is 0.788. The molecule has 1 heterocycles. The second-order valence-corrected chi connectivity index (χ2v) is 5.36. The summed E-state index contributed by atoms with van der Waals surface area (Å²) in [6, 6.07) is -1.53. The Kier molecular flexibility index (Phi) is 4.40. The number of carbonyl (C=O) groups is 2. The molecule has 0 spiro atoms. The molecule has 9 nitrogen and oxygen atoms in total. The van der Waals surface area contributed by atoms with Gasteiger partial charge in [0.1, 0.15) is 6.04 Å². The standard InChI is InChI=1S/C8H15N5O4S/c1-3-6(18(16,17)12-10-2)11-8(15)13-4-5(9)7(13)14/h3,5-6,10,12H,1,4,9H2,2H3,(H,11,15). The van der Waals surface area contributed by atoms with E-state index < -0.39 is 33.4 Å². The van der Waals surface area contributed by atoms with E-state index in [1.165, 1.54) is 7.05 Å². The number of rotatable bonds is 5. The highest BCUT2D eigenvalue weighted by Crippen LogP contribution is 2.08. The summed E-state index contributed by atoms with van der Waals surface area (Å²) < 4.78 is 23.2. The number of nitrogens with two attached hydrogens (primary N) is 1. The van der Waals surface area contributed by atoms with Crippen molar-refractivity contribution in [1.82, 2.24) is 20.5 Å². The number of urea groups is 1. The Hall–Kier alpha value is -1.49. The zero-order valence-electron chi connectivity index (χ0n) is 9.71. The predicted molar refractivity (Wildman–Crippen MR) is 63.3 cm³/mol. The third-order valence-electron chi connectivity index (χ3n) is 2.27. The number of nitrogens with zero attached hydrogens (tertiary/aromatic N) is 1. The molecule has 1 aliphatic heterocycles. The summed E-state index contributed by atoms with van der Waals surface area (Å²) in [5.74, 6) is -0.547. The molecule has 1 saturated heterocycles. The van der Waals surface area contributed by atoms with Gasteiger partial charge in [0.2, 0.25) is 15.9 Å². The molecule has 1 fully saturated rings. The van der Waals surface area contributed by atoms with E-state index in [1.54, 1.807) is 0 Å². The Morgan fingerprint density at radius 1 is 1.67 bits per heavy atom. The number of amides is 3. The summed E-state index contributed by atoms with van der Waals surface area (Å²) in [4.78, 5) is 25.6. The summed E-state index contributed by atoms with van der Waals surface area (Å²) in [6.45, 7) is 3.37. The van der Waals surface area contributed by atoms with Gasteiger partial charge < -0.3 is 11.1 Å². The van der Waals surface area contributed by atoms with E-state index >= 15 is 0 Å². The van der Waals surface area contributed by atoms with Crippen LogP contribution in [0.3, 0.4) is 0 Å². The molecule has 0 aromatic heterocycles. The van der Waals surface area contributed by atoms with E-state index in [0.29, 0.717) is 0 Å². The van der Waals surface area contributed by atoms with Gasteiger partial charge in [0.25, 0.3) is 0 Å². The molecular formula is C8H15N5O4S. The molecule has 0 radical (unpaired) electrons. The van der Waals surface area contributed by atoms with Gasteiger partial charge in [-0.2, -0.15) is 0 Å². The Morgan fingerprint density at radius 3 is 2.67 bits per heavy atom. The van der Waals surface area contributed by atoms with Crippen LogP contribution in [0, 0.1) is 0 Å².